The van der Waals surface area contributed by atoms with Crippen molar-refractivity contribution in [3.8, 4) is 11.5 Å². The maximum absolute atomic E-state index is 11.1. The van der Waals surface area contributed by atoms with Crippen LogP contribution in [0.1, 0.15) is 11.1 Å². The van der Waals surface area contributed by atoms with E-state index < -0.39 is 9.84 Å². The zero-order valence-electron chi connectivity index (χ0n) is 13.9. The minimum Gasteiger partial charge on any atom is -0.493 e. The average Bonchev–Trinajstić information content (AvgIpc) is 2.57. The summed E-state index contributed by atoms with van der Waals surface area (Å²) in [6.07, 6.45) is 4.68. The van der Waals surface area contributed by atoms with Crippen LogP contribution >= 0.6 is 0 Å². The molecule has 0 fully saturated rings. The molecular weight excluding hydrogens is 328 g/mol. The van der Waals surface area contributed by atoms with E-state index in [4.69, 9.17) is 9.47 Å². The lowest BCUT2D eigenvalue weighted by atomic mass is 10.2. The summed E-state index contributed by atoms with van der Waals surface area (Å²) >= 11 is 0. The Morgan fingerprint density at radius 3 is 2.50 bits per heavy atom. The maximum atomic E-state index is 11.1. The summed E-state index contributed by atoms with van der Waals surface area (Å²) in [5.74, 6) is 1.43. The molecule has 0 bridgehead atoms. The molecule has 0 saturated carbocycles. The second-order valence-electron chi connectivity index (χ2n) is 5.44. The second kappa shape index (κ2) is 8.65. The molecule has 0 aliphatic carbocycles. The molecule has 24 heavy (non-hydrogen) atoms. The van der Waals surface area contributed by atoms with Crippen molar-refractivity contribution in [3.63, 3.8) is 0 Å². The third-order valence-corrected chi connectivity index (χ3v) is 4.30. The van der Waals surface area contributed by atoms with Crippen molar-refractivity contribution < 1.29 is 17.9 Å². The van der Waals surface area contributed by atoms with Crippen LogP contribution in [0.15, 0.2) is 42.7 Å². The van der Waals surface area contributed by atoms with E-state index in [1.807, 2.05) is 30.3 Å². The van der Waals surface area contributed by atoms with Crippen LogP contribution in [-0.2, 0) is 23.0 Å². The first-order chi connectivity index (χ1) is 11.5. The first-order valence-electron chi connectivity index (χ1n) is 7.55. The molecule has 2 rings (SSSR count). The molecule has 6 nitrogen and oxygen atoms in total. The molecule has 0 amide bonds. The number of hydrogen-bond acceptors (Lipinski definition) is 6. The molecule has 0 radical (unpaired) electrons. The Bertz CT molecular complexity index is 748. The van der Waals surface area contributed by atoms with Gasteiger partial charge < -0.3 is 14.8 Å². The quantitative estimate of drug-likeness (QED) is 0.695. The van der Waals surface area contributed by atoms with E-state index in [0.29, 0.717) is 31.2 Å². The Labute approximate surface area is 142 Å². The molecule has 0 aliphatic rings. The van der Waals surface area contributed by atoms with E-state index in [0.717, 1.165) is 11.1 Å². The van der Waals surface area contributed by atoms with Crippen molar-refractivity contribution in [1.82, 2.24) is 10.3 Å². The van der Waals surface area contributed by atoms with E-state index in [1.165, 1.54) is 6.26 Å². The minimum absolute atomic E-state index is 0.122. The van der Waals surface area contributed by atoms with E-state index in [1.54, 1.807) is 19.5 Å². The van der Waals surface area contributed by atoms with Gasteiger partial charge in [-0.1, -0.05) is 6.07 Å². The summed E-state index contributed by atoms with van der Waals surface area (Å²) in [6, 6.07) is 9.46. The van der Waals surface area contributed by atoms with Crippen molar-refractivity contribution >= 4 is 9.84 Å². The van der Waals surface area contributed by atoms with Gasteiger partial charge in [-0.2, -0.15) is 0 Å². The third kappa shape index (κ3) is 6.17. The Hall–Kier alpha value is -2.12. The summed E-state index contributed by atoms with van der Waals surface area (Å²) in [5, 5.41) is 3.10. The molecule has 0 unspecified atom stereocenters. The van der Waals surface area contributed by atoms with Gasteiger partial charge in [0.1, 0.15) is 16.4 Å². The van der Waals surface area contributed by atoms with Gasteiger partial charge in [0.2, 0.25) is 0 Å². The van der Waals surface area contributed by atoms with Crippen molar-refractivity contribution in [3.05, 3.63) is 53.9 Å². The monoisotopic (exact) mass is 350 g/mol. The van der Waals surface area contributed by atoms with Crippen LogP contribution in [0.4, 0.5) is 0 Å². The van der Waals surface area contributed by atoms with Crippen LogP contribution in [0.5, 0.6) is 11.5 Å². The molecule has 1 aromatic carbocycles. The number of nitrogens with zero attached hydrogens (tertiary/aromatic N) is 1. The van der Waals surface area contributed by atoms with Gasteiger partial charge >= 0.3 is 0 Å². The van der Waals surface area contributed by atoms with E-state index in [-0.39, 0.29) is 5.75 Å². The Balaban J connectivity index is 1.92. The molecule has 0 saturated heterocycles. The van der Waals surface area contributed by atoms with Crippen molar-refractivity contribution in [2.75, 3.05) is 25.7 Å². The van der Waals surface area contributed by atoms with E-state index >= 15 is 0 Å². The Morgan fingerprint density at radius 1 is 1.08 bits per heavy atom. The molecule has 2 aromatic rings. The topological polar surface area (TPSA) is 77.5 Å². The Morgan fingerprint density at radius 2 is 1.83 bits per heavy atom. The number of benzene rings is 1. The van der Waals surface area contributed by atoms with Crippen LogP contribution in [0.3, 0.4) is 0 Å². The number of hydrogen-bond donors (Lipinski definition) is 1. The molecule has 7 heteroatoms. The Kier molecular flexibility index (Phi) is 6.57. The molecule has 0 spiro atoms. The van der Waals surface area contributed by atoms with E-state index in [9.17, 15) is 8.42 Å². The minimum atomic E-state index is -2.94. The standard InChI is InChI=1S/C17H22N2O4S/c1-22-17-11-15(12-19-9-10-24(2,20)21)3-4-16(17)23-13-14-5-7-18-8-6-14/h3-8,11,19H,9-10,12-13H2,1-2H3. The first kappa shape index (κ1) is 18.2. The highest BCUT2D eigenvalue weighted by Crippen LogP contribution is 2.28. The zero-order valence-corrected chi connectivity index (χ0v) is 14.7. The van der Waals surface area contributed by atoms with Gasteiger partial charge in [-0.3, -0.25) is 4.98 Å². The fraction of sp³-hybridized carbons (Fsp3) is 0.353. The number of aromatic nitrogens is 1. The highest BCUT2D eigenvalue weighted by atomic mass is 32.2. The van der Waals surface area contributed by atoms with Gasteiger partial charge in [-0.25, -0.2) is 8.42 Å². The van der Waals surface area contributed by atoms with Crippen LogP contribution in [-0.4, -0.2) is 39.1 Å². The highest BCUT2D eigenvalue weighted by molar-refractivity contribution is 7.90. The van der Waals surface area contributed by atoms with Crippen LogP contribution < -0.4 is 14.8 Å². The zero-order chi connectivity index (χ0) is 17.4. The summed E-state index contributed by atoms with van der Waals surface area (Å²) in [6.45, 7) is 1.42. The normalized spacial score (nSPS) is 11.2. The van der Waals surface area contributed by atoms with Gasteiger partial charge in [0.25, 0.3) is 0 Å². The number of methoxy groups -OCH3 is 1. The number of pyridine rings is 1. The number of nitrogens with one attached hydrogen (secondary N) is 1. The summed E-state index contributed by atoms with van der Waals surface area (Å²) in [7, 11) is -1.35. The largest absolute Gasteiger partial charge is 0.493 e. The summed E-state index contributed by atoms with van der Waals surface area (Å²) in [5.41, 5.74) is 2.02. The lowest BCUT2D eigenvalue weighted by molar-refractivity contribution is 0.284. The molecule has 0 aliphatic heterocycles. The van der Waals surface area contributed by atoms with Crippen LogP contribution in [0.25, 0.3) is 0 Å². The third-order valence-electron chi connectivity index (χ3n) is 3.35. The average molecular weight is 350 g/mol. The van der Waals surface area contributed by atoms with Crippen LogP contribution in [0.2, 0.25) is 0 Å². The molecule has 1 aromatic heterocycles. The SMILES string of the molecule is COc1cc(CNCCS(C)(=O)=O)ccc1OCc1ccncc1. The predicted octanol–water partition coefficient (Wildman–Crippen LogP) is 1.80. The lowest BCUT2D eigenvalue weighted by Crippen LogP contribution is -2.21. The highest BCUT2D eigenvalue weighted by Gasteiger charge is 2.07. The number of ether oxygens (including phenoxy) is 2. The smallest absolute Gasteiger partial charge is 0.161 e. The first-order valence-corrected chi connectivity index (χ1v) is 9.61. The van der Waals surface area contributed by atoms with Crippen molar-refractivity contribution in [2.45, 2.75) is 13.2 Å². The van der Waals surface area contributed by atoms with Gasteiger partial charge in [0.15, 0.2) is 11.5 Å². The van der Waals surface area contributed by atoms with Gasteiger partial charge in [0, 0.05) is 31.7 Å². The van der Waals surface area contributed by atoms with Gasteiger partial charge in [-0.15, -0.1) is 0 Å². The van der Waals surface area contributed by atoms with Gasteiger partial charge in [-0.05, 0) is 35.4 Å². The number of rotatable bonds is 9. The molecule has 1 N–H and O–H groups in total. The maximum Gasteiger partial charge on any atom is 0.161 e. The van der Waals surface area contributed by atoms with Crippen LogP contribution in [0, 0.1) is 0 Å². The van der Waals surface area contributed by atoms with Gasteiger partial charge in [0.05, 0.1) is 12.9 Å². The van der Waals surface area contributed by atoms with E-state index in [2.05, 4.69) is 10.3 Å². The van der Waals surface area contributed by atoms with Crippen molar-refractivity contribution in [1.29, 1.82) is 0 Å². The predicted molar refractivity (Wildman–Crippen MR) is 93.0 cm³/mol. The molecule has 0 atom stereocenters. The summed E-state index contributed by atoms with van der Waals surface area (Å²) in [4.78, 5) is 3.97. The molecular formula is C17H22N2O4S. The summed E-state index contributed by atoms with van der Waals surface area (Å²) < 4.78 is 33.4. The fourth-order valence-electron chi connectivity index (χ4n) is 2.07. The molecule has 1 heterocycles. The fourth-order valence-corrected chi connectivity index (χ4v) is 2.59. The van der Waals surface area contributed by atoms with Crippen molar-refractivity contribution in [2.24, 2.45) is 0 Å². The number of sulfone groups is 1. The lowest BCUT2D eigenvalue weighted by Gasteiger charge is -2.12. The molecule has 130 valence electrons. The second-order valence-corrected chi connectivity index (χ2v) is 7.70.